The van der Waals surface area contributed by atoms with Crippen LogP contribution in [-0.4, -0.2) is 111 Å². The number of amides is 2. The van der Waals surface area contributed by atoms with Crippen LogP contribution in [0.15, 0.2) is 46.4 Å². The fourth-order valence-corrected chi connectivity index (χ4v) is 5.80. The number of hydrogen-bond acceptors (Lipinski definition) is 8. The van der Waals surface area contributed by atoms with Crippen molar-refractivity contribution in [3.8, 4) is 11.5 Å². The highest BCUT2D eigenvalue weighted by Crippen LogP contribution is 2.40. The van der Waals surface area contributed by atoms with Crippen LogP contribution in [0.2, 0.25) is 0 Å². The number of aliphatic imine (C=N–C) groups is 2. The maximum Gasteiger partial charge on any atom is 0.293 e. The molecule has 228 valence electrons. The Bertz CT molecular complexity index is 1390. The van der Waals surface area contributed by atoms with Crippen molar-refractivity contribution in [1.82, 2.24) is 9.80 Å². The van der Waals surface area contributed by atoms with Crippen molar-refractivity contribution in [3.05, 3.63) is 47.5 Å². The molecule has 0 aromatic heterocycles. The molecule has 0 N–H and O–H groups in total. The van der Waals surface area contributed by atoms with E-state index in [2.05, 4.69) is 9.98 Å². The maximum atomic E-state index is 15.0. The van der Waals surface area contributed by atoms with Crippen LogP contribution in [0.25, 0.3) is 0 Å². The molecule has 4 aliphatic heterocycles. The summed E-state index contributed by atoms with van der Waals surface area (Å²) in [6, 6.07) is 6.98. The van der Waals surface area contributed by atoms with E-state index in [9.17, 15) is 9.59 Å². The molecule has 4 heterocycles. The lowest BCUT2D eigenvalue weighted by molar-refractivity contribution is -0.125. The summed E-state index contributed by atoms with van der Waals surface area (Å²) < 4.78 is 81.4. The molecule has 43 heavy (non-hydrogen) atoms. The van der Waals surface area contributed by atoms with Gasteiger partial charge in [-0.1, -0.05) is 0 Å². The molecule has 14 heteroatoms. The van der Waals surface area contributed by atoms with Gasteiger partial charge < -0.3 is 28.7 Å². The van der Waals surface area contributed by atoms with Gasteiger partial charge in [0.15, 0.2) is 0 Å². The van der Waals surface area contributed by atoms with Gasteiger partial charge in [0, 0.05) is 25.6 Å². The summed E-state index contributed by atoms with van der Waals surface area (Å²) in [5.41, 5.74) is 0.921. The molecule has 2 fully saturated rings. The number of ether oxygens (including phenoxy) is 4. The lowest BCUT2D eigenvalue weighted by Crippen LogP contribution is -2.43. The summed E-state index contributed by atoms with van der Waals surface area (Å²) in [5, 5.41) is 0. The van der Waals surface area contributed by atoms with Crippen LogP contribution in [0, 0.1) is 0 Å². The third-order valence-electron chi connectivity index (χ3n) is 7.94. The molecule has 2 saturated heterocycles. The van der Waals surface area contributed by atoms with Crippen LogP contribution < -0.4 is 9.47 Å². The highest BCUT2D eigenvalue weighted by molar-refractivity contribution is 6.04. The monoisotopic (exact) mass is 604 g/mol. The number of methoxy groups -OCH3 is 2. The van der Waals surface area contributed by atoms with E-state index in [1.165, 1.54) is 38.8 Å². The van der Waals surface area contributed by atoms with Gasteiger partial charge in [-0.15, -0.1) is 0 Å². The van der Waals surface area contributed by atoms with E-state index >= 15 is 17.6 Å². The first-order chi connectivity index (χ1) is 20.5. The second-order valence-corrected chi connectivity index (χ2v) is 10.6. The summed E-state index contributed by atoms with van der Waals surface area (Å²) >= 11 is 0. The third kappa shape index (κ3) is 5.12. The summed E-state index contributed by atoms with van der Waals surface area (Å²) in [7, 11) is 2.85. The predicted molar refractivity (Wildman–Crippen MR) is 146 cm³/mol. The molecule has 0 spiro atoms. The molecule has 4 atom stereocenters. The zero-order valence-corrected chi connectivity index (χ0v) is 23.2. The van der Waals surface area contributed by atoms with E-state index in [4.69, 9.17) is 18.9 Å². The highest BCUT2D eigenvalue weighted by atomic mass is 19.3. The molecule has 0 bridgehead atoms. The van der Waals surface area contributed by atoms with Gasteiger partial charge in [-0.05, 0) is 42.8 Å². The molecule has 0 saturated carbocycles. The molecule has 6 rings (SSSR count). The topological polar surface area (TPSA) is 102 Å². The van der Waals surface area contributed by atoms with Gasteiger partial charge in [0.05, 0.1) is 61.9 Å². The first-order valence-corrected chi connectivity index (χ1v) is 13.6. The van der Waals surface area contributed by atoms with Crippen LogP contribution in [0.4, 0.5) is 28.9 Å². The minimum absolute atomic E-state index is 0.00360. The minimum Gasteiger partial charge on any atom is -0.497 e. The smallest absolute Gasteiger partial charge is 0.293 e. The summed E-state index contributed by atoms with van der Waals surface area (Å²) in [6.07, 6.45) is -0.850. The molecule has 2 aromatic carbocycles. The maximum absolute atomic E-state index is 15.0. The first kappa shape index (κ1) is 29.1. The number of rotatable bonds is 8. The SMILES string of the molecule is COc1ccc2c(c1)C(=O)N1CC(F)(F)C(OCCCOC3[C@@H]4C=Nc5ccc(OC)cc5C(=O)N4CC3(F)F)[C@@H]1C=N2. The van der Waals surface area contributed by atoms with Crippen LogP contribution in [0.5, 0.6) is 11.5 Å². The van der Waals surface area contributed by atoms with Gasteiger partial charge >= 0.3 is 0 Å². The Labute approximate surface area is 243 Å². The Morgan fingerprint density at radius 3 is 1.56 bits per heavy atom. The van der Waals surface area contributed by atoms with Crippen molar-refractivity contribution in [2.45, 2.75) is 42.6 Å². The Morgan fingerprint density at radius 2 is 1.16 bits per heavy atom. The first-order valence-electron chi connectivity index (χ1n) is 13.6. The van der Waals surface area contributed by atoms with Gasteiger partial charge in [-0.25, -0.2) is 17.6 Å². The average Bonchev–Trinajstić information content (AvgIpc) is 3.29. The lowest BCUT2D eigenvalue weighted by atomic mass is 10.1. The van der Waals surface area contributed by atoms with Crippen molar-refractivity contribution in [2.24, 2.45) is 9.98 Å². The number of nitrogens with zero attached hydrogens (tertiary/aromatic N) is 4. The van der Waals surface area contributed by atoms with E-state index in [0.29, 0.717) is 22.9 Å². The Balaban J connectivity index is 1.09. The molecular weight excluding hydrogens is 576 g/mol. The fraction of sp³-hybridized carbons (Fsp3) is 0.448. The molecule has 2 amide bonds. The molecule has 0 radical (unpaired) electrons. The Kier molecular flexibility index (Phi) is 7.37. The van der Waals surface area contributed by atoms with Crippen molar-refractivity contribution in [2.75, 3.05) is 40.5 Å². The fourth-order valence-electron chi connectivity index (χ4n) is 5.80. The Hall–Kier alpha value is -4.04. The van der Waals surface area contributed by atoms with E-state index in [1.807, 2.05) is 0 Å². The van der Waals surface area contributed by atoms with Crippen molar-refractivity contribution >= 4 is 35.6 Å². The normalized spacial score (nSPS) is 26.4. The Morgan fingerprint density at radius 1 is 0.744 bits per heavy atom. The quantitative estimate of drug-likeness (QED) is 0.335. The highest BCUT2D eigenvalue weighted by Gasteiger charge is 2.58. The number of carbonyl (C=O) groups excluding carboxylic acids is 2. The predicted octanol–water partition coefficient (Wildman–Crippen LogP) is 3.92. The van der Waals surface area contributed by atoms with Gasteiger partial charge in [0.1, 0.15) is 23.7 Å². The summed E-state index contributed by atoms with van der Waals surface area (Å²) in [5.74, 6) is -7.23. The number of hydrogen-bond donors (Lipinski definition) is 0. The van der Waals surface area contributed by atoms with Gasteiger partial charge in [0.2, 0.25) is 0 Å². The third-order valence-corrected chi connectivity index (χ3v) is 7.94. The second kappa shape index (κ2) is 10.9. The van der Waals surface area contributed by atoms with Crippen LogP contribution in [-0.2, 0) is 9.47 Å². The van der Waals surface area contributed by atoms with Crippen molar-refractivity contribution in [3.63, 3.8) is 0 Å². The van der Waals surface area contributed by atoms with Crippen LogP contribution in [0.3, 0.4) is 0 Å². The second-order valence-electron chi connectivity index (χ2n) is 10.6. The van der Waals surface area contributed by atoms with E-state index in [1.54, 1.807) is 24.3 Å². The van der Waals surface area contributed by atoms with Gasteiger partial charge in [-0.2, -0.15) is 0 Å². The number of fused-ring (bicyclic) bond motifs is 4. The van der Waals surface area contributed by atoms with Gasteiger partial charge in [-0.3, -0.25) is 19.6 Å². The van der Waals surface area contributed by atoms with E-state index in [-0.39, 0.29) is 30.8 Å². The number of carbonyl (C=O) groups is 2. The number of halogens is 4. The number of alkyl halides is 4. The minimum atomic E-state index is -3.38. The summed E-state index contributed by atoms with van der Waals surface area (Å²) in [6.45, 7) is -2.24. The molecule has 4 aliphatic rings. The lowest BCUT2D eigenvalue weighted by Gasteiger charge is -2.25. The van der Waals surface area contributed by atoms with E-state index < -0.39 is 61.0 Å². The molecule has 2 aromatic rings. The van der Waals surface area contributed by atoms with Crippen molar-refractivity contribution < 1.29 is 46.1 Å². The van der Waals surface area contributed by atoms with Crippen LogP contribution in [0.1, 0.15) is 27.1 Å². The van der Waals surface area contributed by atoms with Gasteiger partial charge in [0.25, 0.3) is 23.7 Å². The van der Waals surface area contributed by atoms with Crippen LogP contribution >= 0.6 is 0 Å². The molecule has 10 nitrogen and oxygen atoms in total. The molecule has 0 aliphatic carbocycles. The summed E-state index contributed by atoms with van der Waals surface area (Å²) in [4.78, 5) is 36.8. The molecular formula is C29H28F4N4O6. The molecule has 2 unspecified atom stereocenters. The van der Waals surface area contributed by atoms with Crippen molar-refractivity contribution in [1.29, 1.82) is 0 Å². The average molecular weight is 605 g/mol. The van der Waals surface area contributed by atoms with E-state index in [0.717, 1.165) is 9.80 Å². The standard InChI is InChI=1S/C29H28F4N4O6/c1-40-16-4-6-20-18(10-16)26(38)36-14-28(30,31)24(22(36)12-34-20)42-8-3-9-43-25-23-13-35-21-7-5-17(41-2)11-19(21)27(39)37(23)15-29(25,32)33/h4-7,10-13,22-25H,3,8-9,14-15H2,1-2H3/t22-,23-,24?,25?/m0/s1. The number of benzene rings is 2. The zero-order valence-electron chi connectivity index (χ0n) is 23.2. The largest absolute Gasteiger partial charge is 0.497 e. The zero-order chi connectivity index (χ0) is 30.5.